The molecule has 0 bridgehead atoms. The molecule has 1 N–H and O–H groups in total. The number of nitrogens with one attached hydrogen (secondary N) is 1. The molecular formula is C24H25N2O2S+. The van der Waals surface area contributed by atoms with E-state index in [1.54, 1.807) is 6.07 Å². The Bertz CT molecular complexity index is 1190. The molecule has 1 aliphatic heterocycles. The molecule has 1 fully saturated rings. The maximum atomic E-state index is 12.1. The Morgan fingerprint density at radius 2 is 1.97 bits per heavy atom. The largest absolute Gasteiger partial charge is 0.423 e. The number of para-hydroxylation sites is 1. The average Bonchev–Trinajstić information content (AvgIpc) is 3.18. The minimum absolute atomic E-state index is 0.246. The van der Waals surface area contributed by atoms with E-state index in [-0.39, 0.29) is 5.63 Å². The zero-order valence-electron chi connectivity index (χ0n) is 16.6. The Morgan fingerprint density at radius 1 is 1.14 bits per heavy atom. The van der Waals surface area contributed by atoms with Gasteiger partial charge in [0.2, 0.25) is 0 Å². The Hall–Kier alpha value is -2.50. The number of fused-ring (bicyclic) bond motifs is 2. The molecule has 0 radical (unpaired) electrons. The van der Waals surface area contributed by atoms with E-state index >= 15 is 0 Å². The van der Waals surface area contributed by atoms with Crippen LogP contribution in [0, 0.1) is 0 Å². The lowest BCUT2D eigenvalue weighted by Gasteiger charge is -2.28. The number of quaternary nitrogens is 1. The van der Waals surface area contributed by atoms with Crippen molar-refractivity contribution in [3.05, 3.63) is 75.1 Å². The van der Waals surface area contributed by atoms with Crippen LogP contribution in [0.15, 0.2) is 57.7 Å². The Morgan fingerprint density at radius 3 is 2.76 bits per heavy atom. The van der Waals surface area contributed by atoms with Gasteiger partial charge in [0, 0.05) is 35.8 Å². The maximum Gasteiger partial charge on any atom is 0.336 e. The number of aromatic nitrogens is 1. The topological polar surface area (TPSA) is 47.5 Å². The molecule has 2 aromatic carbocycles. The first-order chi connectivity index (χ1) is 14.2. The number of aryl methyl sites for hydroxylation is 1. The zero-order chi connectivity index (χ0) is 19.8. The van der Waals surface area contributed by atoms with E-state index < -0.39 is 0 Å². The highest BCUT2D eigenvalue weighted by Crippen LogP contribution is 2.31. The van der Waals surface area contributed by atoms with Crippen molar-refractivity contribution < 1.29 is 9.32 Å². The van der Waals surface area contributed by atoms with Crippen molar-refractivity contribution in [2.75, 3.05) is 13.1 Å². The SMILES string of the molecule is CCc1ccc2c(C[NH+]3CCC(c4nc5ccccc5s4)CC3)cc(=O)oc2c1. The molecule has 0 amide bonds. The summed E-state index contributed by atoms with van der Waals surface area (Å²) in [7, 11) is 0. The van der Waals surface area contributed by atoms with E-state index in [0.717, 1.165) is 60.9 Å². The summed E-state index contributed by atoms with van der Waals surface area (Å²) < 4.78 is 6.75. The van der Waals surface area contributed by atoms with Gasteiger partial charge in [-0.05, 0) is 30.2 Å². The van der Waals surface area contributed by atoms with E-state index in [0.29, 0.717) is 5.92 Å². The van der Waals surface area contributed by atoms with E-state index in [9.17, 15) is 4.79 Å². The summed E-state index contributed by atoms with van der Waals surface area (Å²) in [6.45, 7) is 5.20. The highest BCUT2D eigenvalue weighted by Gasteiger charge is 2.26. The van der Waals surface area contributed by atoms with Gasteiger partial charge in [0.25, 0.3) is 0 Å². The highest BCUT2D eigenvalue weighted by molar-refractivity contribution is 7.18. The van der Waals surface area contributed by atoms with Crippen LogP contribution >= 0.6 is 11.3 Å². The second-order valence-electron chi connectivity index (χ2n) is 8.00. The average molecular weight is 406 g/mol. The van der Waals surface area contributed by atoms with E-state index in [4.69, 9.17) is 9.40 Å². The zero-order valence-corrected chi connectivity index (χ0v) is 17.4. The Labute approximate surface area is 173 Å². The van der Waals surface area contributed by atoms with Crippen molar-refractivity contribution in [2.24, 2.45) is 0 Å². The number of hydrogen-bond donors (Lipinski definition) is 1. The van der Waals surface area contributed by atoms with Crippen LogP contribution < -0.4 is 10.5 Å². The van der Waals surface area contributed by atoms with Crippen LogP contribution in [-0.2, 0) is 13.0 Å². The number of rotatable bonds is 4. The van der Waals surface area contributed by atoms with Crippen LogP contribution in [0.4, 0.5) is 0 Å². The summed E-state index contributed by atoms with van der Waals surface area (Å²) in [4.78, 5) is 18.5. The molecule has 29 heavy (non-hydrogen) atoms. The first kappa shape index (κ1) is 18.5. The van der Waals surface area contributed by atoms with E-state index in [2.05, 4.69) is 43.3 Å². The van der Waals surface area contributed by atoms with Gasteiger partial charge in [-0.15, -0.1) is 11.3 Å². The second kappa shape index (κ2) is 7.73. The minimum Gasteiger partial charge on any atom is -0.423 e. The molecule has 0 aliphatic carbocycles. The van der Waals surface area contributed by atoms with Crippen LogP contribution in [0.2, 0.25) is 0 Å². The van der Waals surface area contributed by atoms with Crippen molar-refractivity contribution in [3.8, 4) is 0 Å². The summed E-state index contributed by atoms with van der Waals surface area (Å²) in [5, 5.41) is 2.35. The molecule has 2 aromatic heterocycles. The summed E-state index contributed by atoms with van der Waals surface area (Å²) in [6, 6.07) is 16.3. The van der Waals surface area contributed by atoms with Gasteiger partial charge in [0.15, 0.2) is 0 Å². The molecule has 5 heteroatoms. The van der Waals surface area contributed by atoms with Gasteiger partial charge in [-0.1, -0.05) is 31.2 Å². The van der Waals surface area contributed by atoms with Crippen molar-refractivity contribution in [1.82, 2.24) is 4.98 Å². The van der Waals surface area contributed by atoms with Gasteiger partial charge in [-0.3, -0.25) is 0 Å². The van der Waals surface area contributed by atoms with Gasteiger partial charge in [-0.2, -0.15) is 0 Å². The summed E-state index contributed by atoms with van der Waals surface area (Å²) in [6.07, 6.45) is 3.23. The molecule has 4 aromatic rings. The van der Waals surface area contributed by atoms with Crippen LogP contribution in [0.25, 0.3) is 21.2 Å². The van der Waals surface area contributed by atoms with E-state index in [1.165, 1.54) is 20.2 Å². The van der Waals surface area contributed by atoms with Gasteiger partial charge < -0.3 is 9.32 Å². The fourth-order valence-corrected chi connectivity index (χ4v) is 5.56. The lowest BCUT2D eigenvalue weighted by molar-refractivity contribution is -0.918. The van der Waals surface area contributed by atoms with Gasteiger partial charge in [0.1, 0.15) is 12.1 Å². The molecule has 148 valence electrons. The molecule has 5 rings (SSSR count). The van der Waals surface area contributed by atoms with Gasteiger partial charge in [0.05, 0.1) is 28.3 Å². The van der Waals surface area contributed by atoms with Gasteiger partial charge >= 0.3 is 5.63 Å². The number of hydrogen-bond acceptors (Lipinski definition) is 4. The molecule has 0 atom stereocenters. The number of piperidine rings is 1. The van der Waals surface area contributed by atoms with Crippen molar-refractivity contribution >= 4 is 32.5 Å². The Balaban J connectivity index is 1.32. The molecule has 4 nitrogen and oxygen atoms in total. The number of nitrogens with zero attached hydrogens (tertiary/aromatic N) is 1. The first-order valence-electron chi connectivity index (χ1n) is 10.4. The predicted octanol–water partition coefficient (Wildman–Crippen LogP) is 3.93. The minimum atomic E-state index is -0.246. The lowest BCUT2D eigenvalue weighted by Crippen LogP contribution is -3.11. The summed E-state index contributed by atoms with van der Waals surface area (Å²) in [5.41, 5.74) is 3.89. The fraction of sp³-hybridized carbons (Fsp3) is 0.333. The van der Waals surface area contributed by atoms with Crippen LogP contribution in [-0.4, -0.2) is 18.1 Å². The van der Waals surface area contributed by atoms with Crippen LogP contribution in [0.5, 0.6) is 0 Å². The van der Waals surface area contributed by atoms with Gasteiger partial charge in [-0.25, -0.2) is 9.78 Å². The van der Waals surface area contributed by atoms with E-state index in [1.807, 2.05) is 17.4 Å². The number of benzene rings is 2. The number of likely N-dealkylation sites (tertiary alicyclic amines) is 1. The third-order valence-corrected chi connectivity index (χ3v) is 7.29. The second-order valence-corrected chi connectivity index (χ2v) is 9.06. The fourth-order valence-electron chi connectivity index (χ4n) is 4.42. The number of thiazole rings is 1. The molecule has 1 saturated heterocycles. The smallest absolute Gasteiger partial charge is 0.336 e. The highest BCUT2D eigenvalue weighted by atomic mass is 32.1. The van der Waals surface area contributed by atoms with Crippen molar-refractivity contribution in [2.45, 2.75) is 38.6 Å². The molecule has 3 heterocycles. The van der Waals surface area contributed by atoms with Crippen LogP contribution in [0.3, 0.4) is 0 Å². The third kappa shape index (κ3) is 3.72. The quantitative estimate of drug-likeness (QED) is 0.524. The maximum absolute atomic E-state index is 12.1. The molecule has 0 unspecified atom stereocenters. The van der Waals surface area contributed by atoms with Crippen molar-refractivity contribution in [3.63, 3.8) is 0 Å². The standard InChI is InChI=1S/C24H24N2O2S/c1-2-16-7-8-19-18(14-23(27)28-21(19)13-16)15-26-11-9-17(10-12-26)24-25-20-5-3-4-6-22(20)29-24/h3-8,13-14,17H,2,9-12,15H2,1H3/p+1. The molecule has 0 spiro atoms. The van der Waals surface area contributed by atoms with Crippen LogP contribution in [0.1, 0.15) is 41.8 Å². The summed E-state index contributed by atoms with van der Waals surface area (Å²) in [5.74, 6) is 0.556. The Kier molecular flexibility index (Phi) is 4.94. The molecular weight excluding hydrogens is 380 g/mol. The monoisotopic (exact) mass is 405 g/mol. The normalized spacial score (nSPS) is 19.8. The third-order valence-electron chi connectivity index (χ3n) is 6.10. The first-order valence-corrected chi connectivity index (χ1v) is 11.3. The predicted molar refractivity (Wildman–Crippen MR) is 118 cm³/mol. The summed E-state index contributed by atoms with van der Waals surface area (Å²) >= 11 is 1.84. The van der Waals surface area contributed by atoms with Crippen molar-refractivity contribution in [1.29, 1.82) is 0 Å². The molecule has 0 saturated carbocycles. The lowest BCUT2D eigenvalue weighted by atomic mass is 9.97. The molecule has 1 aliphatic rings.